The van der Waals surface area contributed by atoms with Gasteiger partial charge in [0.15, 0.2) is 5.96 Å². The van der Waals surface area contributed by atoms with Gasteiger partial charge in [-0.2, -0.15) is 0 Å². The molecule has 1 saturated heterocycles. The molecule has 2 unspecified atom stereocenters. The van der Waals surface area contributed by atoms with Crippen LogP contribution in [0.4, 0.5) is 0 Å². The third-order valence-corrected chi connectivity index (χ3v) is 6.61. The number of ether oxygens (including phenoxy) is 1. The Hall–Kier alpha value is -0.860. The maximum atomic E-state index is 5.60. The van der Waals surface area contributed by atoms with Gasteiger partial charge < -0.3 is 15.4 Å². The quantitative estimate of drug-likeness (QED) is 0.372. The Balaban J connectivity index is 0.00000225. The van der Waals surface area contributed by atoms with Gasteiger partial charge in [0.05, 0.1) is 13.2 Å². The van der Waals surface area contributed by atoms with Gasteiger partial charge in [-0.15, -0.1) is 24.0 Å². The van der Waals surface area contributed by atoms with Crippen LogP contribution in [0.3, 0.4) is 0 Å². The SMILES string of the molecule is CN=C(NCC1(N2CCOCC2)CCCCC1)NC1CC1c1ccccc1.I. The number of hydrogen-bond donors (Lipinski definition) is 2. The Kier molecular flexibility index (Phi) is 8.00. The summed E-state index contributed by atoms with van der Waals surface area (Å²) in [6.45, 7) is 4.85. The highest BCUT2D eigenvalue weighted by Gasteiger charge is 2.41. The van der Waals surface area contributed by atoms with Gasteiger partial charge in [-0.1, -0.05) is 49.6 Å². The molecular weight excluding hydrogens is 463 g/mol. The number of rotatable bonds is 5. The van der Waals surface area contributed by atoms with Crippen LogP contribution < -0.4 is 10.6 Å². The van der Waals surface area contributed by atoms with Crippen LogP contribution in [0.25, 0.3) is 0 Å². The molecule has 4 rings (SSSR count). The van der Waals surface area contributed by atoms with E-state index in [4.69, 9.17) is 4.74 Å². The second-order valence-electron chi connectivity index (χ2n) is 8.31. The van der Waals surface area contributed by atoms with E-state index in [2.05, 4.69) is 50.9 Å². The van der Waals surface area contributed by atoms with Crippen LogP contribution in [0.5, 0.6) is 0 Å². The molecule has 1 aromatic rings. The van der Waals surface area contributed by atoms with E-state index in [0.29, 0.717) is 12.0 Å². The summed E-state index contributed by atoms with van der Waals surface area (Å²) in [5.41, 5.74) is 1.70. The zero-order valence-corrected chi connectivity index (χ0v) is 19.4. The van der Waals surface area contributed by atoms with Crippen molar-refractivity contribution in [2.24, 2.45) is 4.99 Å². The van der Waals surface area contributed by atoms with Gasteiger partial charge in [-0.3, -0.25) is 9.89 Å². The standard InChI is InChI=1S/C22H34N4O.HI/c1-23-21(25-20-16-19(20)18-8-4-2-5-9-18)24-17-22(10-6-3-7-11-22)26-12-14-27-15-13-26;/h2,4-5,8-9,19-20H,3,6-7,10-17H2,1H3,(H2,23,24,25);1H. The highest BCUT2D eigenvalue weighted by Crippen LogP contribution is 2.40. The van der Waals surface area contributed by atoms with Crippen LogP contribution in [0.2, 0.25) is 0 Å². The van der Waals surface area contributed by atoms with Crippen LogP contribution in [0.1, 0.15) is 50.0 Å². The molecule has 156 valence electrons. The van der Waals surface area contributed by atoms with Crippen molar-refractivity contribution in [3.05, 3.63) is 35.9 Å². The fourth-order valence-electron chi connectivity index (χ4n) is 4.89. The molecule has 1 heterocycles. The number of guanidine groups is 1. The highest BCUT2D eigenvalue weighted by molar-refractivity contribution is 14.0. The van der Waals surface area contributed by atoms with Crippen LogP contribution in [-0.2, 0) is 4.74 Å². The molecule has 3 fully saturated rings. The molecule has 5 nitrogen and oxygen atoms in total. The lowest BCUT2D eigenvalue weighted by atomic mass is 9.80. The minimum Gasteiger partial charge on any atom is -0.379 e. The maximum absolute atomic E-state index is 5.60. The molecule has 2 aliphatic carbocycles. The van der Waals surface area contributed by atoms with Crippen molar-refractivity contribution in [1.82, 2.24) is 15.5 Å². The first-order valence-corrected chi connectivity index (χ1v) is 10.7. The molecule has 3 aliphatic rings. The monoisotopic (exact) mass is 498 g/mol. The maximum Gasteiger partial charge on any atom is 0.191 e. The van der Waals surface area contributed by atoms with Crippen LogP contribution >= 0.6 is 24.0 Å². The fourth-order valence-corrected chi connectivity index (χ4v) is 4.89. The molecule has 0 bridgehead atoms. The highest BCUT2D eigenvalue weighted by atomic mass is 127. The normalized spacial score (nSPS) is 27.5. The fraction of sp³-hybridized carbons (Fsp3) is 0.682. The van der Waals surface area contributed by atoms with Gasteiger partial charge in [0.1, 0.15) is 0 Å². The third kappa shape index (κ3) is 5.19. The average Bonchev–Trinajstić information content (AvgIpc) is 3.52. The summed E-state index contributed by atoms with van der Waals surface area (Å²) in [6.07, 6.45) is 7.81. The Morgan fingerprint density at radius 1 is 1.14 bits per heavy atom. The van der Waals surface area contributed by atoms with Gasteiger partial charge in [-0.05, 0) is 24.8 Å². The van der Waals surface area contributed by atoms with E-state index < -0.39 is 0 Å². The van der Waals surface area contributed by atoms with E-state index in [9.17, 15) is 0 Å². The summed E-state index contributed by atoms with van der Waals surface area (Å²) < 4.78 is 5.60. The van der Waals surface area contributed by atoms with Crippen LogP contribution in [0.15, 0.2) is 35.3 Å². The molecule has 0 spiro atoms. The van der Waals surface area contributed by atoms with Gasteiger partial charge >= 0.3 is 0 Å². The van der Waals surface area contributed by atoms with Crippen molar-refractivity contribution < 1.29 is 4.74 Å². The zero-order valence-electron chi connectivity index (χ0n) is 17.0. The van der Waals surface area contributed by atoms with Crippen LogP contribution in [-0.4, -0.2) is 62.3 Å². The van der Waals surface area contributed by atoms with Crippen molar-refractivity contribution in [1.29, 1.82) is 0 Å². The summed E-state index contributed by atoms with van der Waals surface area (Å²) in [7, 11) is 1.89. The van der Waals surface area contributed by atoms with Gasteiger partial charge in [-0.25, -0.2) is 0 Å². The molecule has 1 aromatic carbocycles. The lowest BCUT2D eigenvalue weighted by molar-refractivity contribution is -0.0352. The van der Waals surface area contributed by atoms with Crippen LogP contribution in [0, 0.1) is 0 Å². The minimum absolute atomic E-state index is 0. The minimum atomic E-state index is 0. The average molecular weight is 498 g/mol. The third-order valence-electron chi connectivity index (χ3n) is 6.61. The van der Waals surface area contributed by atoms with Gasteiger partial charge in [0.25, 0.3) is 0 Å². The number of aliphatic imine (C=N–C) groups is 1. The van der Waals surface area contributed by atoms with E-state index in [1.165, 1.54) is 44.1 Å². The number of morpholine rings is 1. The molecule has 1 aliphatic heterocycles. The molecule has 2 saturated carbocycles. The predicted molar refractivity (Wildman–Crippen MR) is 126 cm³/mol. The van der Waals surface area contributed by atoms with E-state index in [-0.39, 0.29) is 29.5 Å². The van der Waals surface area contributed by atoms with Crippen molar-refractivity contribution in [2.75, 3.05) is 39.9 Å². The first-order chi connectivity index (χ1) is 13.3. The molecule has 2 N–H and O–H groups in total. The van der Waals surface area contributed by atoms with Gasteiger partial charge in [0.2, 0.25) is 0 Å². The van der Waals surface area contributed by atoms with Gasteiger partial charge in [0, 0.05) is 44.2 Å². The first-order valence-electron chi connectivity index (χ1n) is 10.7. The largest absolute Gasteiger partial charge is 0.379 e. The number of nitrogens with one attached hydrogen (secondary N) is 2. The van der Waals surface area contributed by atoms with E-state index in [1.807, 2.05) is 7.05 Å². The zero-order chi connectivity index (χ0) is 18.5. The van der Waals surface area contributed by atoms with E-state index in [1.54, 1.807) is 0 Å². The second kappa shape index (κ2) is 10.3. The number of halogens is 1. The lowest BCUT2D eigenvalue weighted by Gasteiger charge is -2.48. The molecule has 0 aromatic heterocycles. The van der Waals surface area contributed by atoms with Crippen molar-refractivity contribution >= 4 is 29.9 Å². The molecule has 2 atom stereocenters. The number of hydrogen-bond acceptors (Lipinski definition) is 3. The predicted octanol–water partition coefficient (Wildman–Crippen LogP) is 3.36. The smallest absolute Gasteiger partial charge is 0.191 e. The topological polar surface area (TPSA) is 48.9 Å². The number of benzene rings is 1. The molecule has 6 heteroatoms. The van der Waals surface area contributed by atoms with Crippen molar-refractivity contribution in [3.63, 3.8) is 0 Å². The molecular formula is C22H35IN4O. The summed E-state index contributed by atoms with van der Waals surface area (Å²) in [5, 5.41) is 7.32. The molecule has 0 radical (unpaired) electrons. The Morgan fingerprint density at radius 3 is 2.54 bits per heavy atom. The summed E-state index contributed by atoms with van der Waals surface area (Å²) in [4.78, 5) is 7.19. The van der Waals surface area contributed by atoms with Crippen molar-refractivity contribution in [2.45, 2.75) is 56.0 Å². The van der Waals surface area contributed by atoms with E-state index >= 15 is 0 Å². The first kappa shape index (κ1) is 21.8. The Bertz CT molecular complexity index is 627. The summed E-state index contributed by atoms with van der Waals surface area (Å²) in [5.74, 6) is 1.57. The number of nitrogens with zero attached hydrogens (tertiary/aromatic N) is 2. The Labute approximate surface area is 186 Å². The Morgan fingerprint density at radius 2 is 1.86 bits per heavy atom. The van der Waals surface area contributed by atoms with E-state index in [0.717, 1.165) is 38.8 Å². The van der Waals surface area contributed by atoms with Crippen molar-refractivity contribution in [3.8, 4) is 0 Å². The second-order valence-corrected chi connectivity index (χ2v) is 8.31. The summed E-state index contributed by atoms with van der Waals surface area (Å²) >= 11 is 0. The summed E-state index contributed by atoms with van der Waals surface area (Å²) in [6, 6.07) is 11.3. The lowest BCUT2D eigenvalue weighted by Crippen LogP contribution is -2.60. The molecule has 0 amide bonds. The molecule has 28 heavy (non-hydrogen) atoms.